The Morgan fingerprint density at radius 2 is 1.69 bits per heavy atom. The zero-order chi connectivity index (χ0) is 18.7. The molecule has 2 aromatic rings. The van der Waals surface area contributed by atoms with Crippen LogP contribution in [0.1, 0.15) is 6.92 Å². The Bertz CT molecular complexity index is 771. The van der Waals surface area contributed by atoms with Gasteiger partial charge in [-0.25, -0.2) is 0 Å². The molecule has 2 N–H and O–H groups in total. The quantitative estimate of drug-likeness (QED) is 0.806. The number of rotatable bonds is 4. The summed E-state index contributed by atoms with van der Waals surface area (Å²) in [6, 6.07) is 12.8. The topological polar surface area (TPSA) is 36.8 Å². The van der Waals surface area contributed by atoms with Gasteiger partial charge in [0.05, 0.1) is 26.2 Å². The maximum absolute atomic E-state index is 12.6. The standard InChI is InChI=1S/C19H20Cl3N3O/c1-13(19(26)23-17-10-15(21)9-16(22)11-17)24-5-7-25(8-6-24)18-4-2-3-14(20)12-18/h2-4,9-13H,5-8H2,1H3,(H,23,26)/p+1/t13-/m0/s1. The molecule has 0 aromatic heterocycles. The average molecular weight is 414 g/mol. The highest BCUT2D eigenvalue weighted by Gasteiger charge is 2.29. The minimum absolute atomic E-state index is 0.0328. The number of hydrogen-bond acceptors (Lipinski definition) is 2. The van der Waals surface area contributed by atoms with Crippen molar-refractivity contribution in [2.45, 2.75) is 13.0 Å². The Kier molecular flexibility index (Phi) is 6.30. The molecule has 3 rings (SSSR count). The zero-order valence-electron chi connectivity index (χ0n) is 14.4. The molecule has 0 saturated carbocycles. The van der Waals surface area contributed by atoms with Crippen LogP contribution in [0.25, 0.3) is 0 Å². The van der Waals surface area contributed by atoms with Gasteiger partial charge in [-0.2, -0.15) is 0 Å². The van der Waals surface area contributed by atoms with E-state index >= 15 is 0 Å². The molecule has 0 aliphatic carbocycles. The molecule has 2 aromatic carbocycles. The van der Waals surface area contributed by atoms with Gasteiger partial charge < -0.3 is 15.1 Å². The van der Waals surface area contributed by atoms with E-state index in [0.29, 0.717) is 15.7 Å². The van der Waals surface area contributed by atoms with Crippen molar-refractivity contribution in [2.24, 2.45) is 0 Å². The van der Waals surface area contributed by atoms with Crippen molar-refractivity contribution in [3.05, 3.63) is 57.5 Å². The highest BCUT2D eigenvalue weighted by atomic mass is 35.5. The molecule has 0 bridgehead atoms. The van der Waals surface area contributed by atoms with Crippen molar-refractivity contribution in [2.75, 3.05) is 36.4 Å². The Morgan fingerprint density at radius 1 is 1.04 bits per heavy atom. The number of carbonyl (C=O) groups excluding carboxylic acids is 1. The van der Waals surface area contributed by atoms with E-state index in [9.17, 15) is 4.79 Å². The van der Waals surface area contributed by atoms with Crippen molar-refractivity contribution < 1.29 is 9.69 Å². The van der Waals surface area contributed by atoms with Gasteiger partial charge in [-0.05, 0) is 43.3 Å². The Labute approximate surface area is 168 Å². The van der Waals surface area contributed by atoms with E-state index in [1.165, 1.54) is 4.90 Å². The monoisotopic (exact) mass is 412 g/mol. The minimum atomic E-state index is -0.158. The number of anilines is 2. The first-order chi connectivity index (χ1) is 12.4. The van der Waals surface area contributed by atoms with Crippen molar-refractivity contribution >= 4 is 52.1 Å². The summed E-state index contributed by atoms with van der Waals surface area (Å²) >= 11 is 18.1. The first kappa shape index (κ1) is 19.3. The molecular weight excluding hydrogens is 393 g/mol. The van der Waals surface area contributed by atoms with Crippen LogP contribution in [-0.2, 0) is 4.79 Å². The Balaban J connectivity index is 1.57. The molecule has 1 aliphatic rings. The third kappa shape index (κ3) is 4.83. The third-order valence-corrected chi connectivity index (χ3v) is 5.39. The van der Waals surface area contributed by atoms with Crippen LogP contribution in [0.5, 0.6) is 0 Å². The van der Waals surface area contributed by atoms with Crippen molar-refractivity contribution in [3.63, 3.8) is 0 Å². The summed E-state index contributed by atoms with van der Waals surface area (Å²) in [6.45, 7) is 5.49. The van der Waals surface area contributed by atoms with Gasteiger partial charge in [-0.3, -0.25) is 4.79 Å². The number of halogens is 3. The van der Waals surface area contributed by atoms with E-state index in [1.807, 2.05) is 25.1 Å². The second-order valence-corrected chi connectivity index (χ2v) is 7.80. The number of benzene rings is 2. The summed E-state index contributed by atoms with van der Waals surface area (Å²) in [6.07, 6.45) is 0. The van der Waals surface area contributed by atoms with E-state index < -0.39 is 0 Å². The lowest BCUT2D eigenvalue weighted by atomic mass is 10.2. The van der Waals surface area contributed by atoms with Gasteiger partial charge in [0.25, 0.3) is 5.91 Å². The summed E-state index contributed by atoms with van der Waals surface area (Å²) in [5, 5.41) is 4.66. The third-order valence-electron chi connectivity index (χ3n) is 4.71. The smallest absolute Gasteiger partial charge is 0.282 e. The molecule has 7 heteroatoms. The number of carbonyl (C=O) groups is 1. The molecule has 1 atom stereocenters. The maximum Gasteiger partial charge on any atom is 0.282 e. The fraction of sp³-hybridized carbons (Fsp3) is 0.316. The fourth-order valence-electron chi connectivity index (χ4n) is 3.22. The molecule has 138 valence electrons. The van der Waals surface area contributed by atoms with Crippen LogP contribution in [-0.4, -0.2) is 38.1 Å². The van der Waals surface area contributed by atoms with Gasteiger partial charge in [0.15, 0.2) is 6.04 Å². The first-order valence-corrected chi connectivity index (χ1v) is 9.68. The molecule has 1 amide bonds. The van der Waals surface area contributed by atoms with Crippen LogP contribution in [0.4, 0.5) is 11.4 Å². The van der Waals surface area contributed by atoms with Gasteiger partial charge in [-0.15, -0.1) is 0 Å². The van der Waals surface area contributed by atoms with E-state index in [1.54, 1.807) is 18.2 Å². The highest BCUT2D eigenvalue weighted by molar-refractivity contribution is 6.35. The van der Waals surface area contributed by atoms with Gasteiger partial charge >= 0.3 is 0 Å². The summed E-state index contributed by atoms with van der Waals surface area (Å²) in [5.41, 5.74) is 1.75. The average Bonchev–Trinajstić information content (AvgIpc) is 2.60. The van der Waals surface area contributed by atoms with Crippen LogP contribution in [0.2, 0.25) is 15.1 Å². The van der Waals surface area contributed by atoms with E-state index in [-0.39, 0.29) is 11.9 Å². The van der Waals surface area contributed by atoms with Gasteiger partial charge in [0.1, 0.15) is 0 Å². The second-order valence-electron chi connectivity index (χ2n) is 6.49. The summed E-state index contributed by atoms with van der Waals surface area (Å²) in [5.74, 6) is -0.0328. The number of amides is 1. The van der Waals surface area contributed by atoms with Crippen LogP contribution >= 0.6 is 34.8 Å². The van der Waals surface area contributed by atoms with Crippen LogP contribution < -0.4 is 15.1 Å². The molecule has 1 saturated heterocycles. The van der Waals surface area contributed by atoms with Gasteiger partial charge in [0, 0.05) is 26.4 Å². The van der Waals surface area contributed by atoms with E-state index in [2.05, 4.69) is 16.3 Å². The normalized spacial score (nSPS) is 16.4. The summed E-state index contributed by atoms with van der Waals surface area (Å²) in [4.78, 5) is 16.1. The number of piperazine rings is 1. The zero-order valence-corrected chi connectivity index (χ0v) is 16.7. The highest BCUT2D eigenvalue weighted by Crippen LogP contribution is 2.22. The Hall–Kier alpha value is -1.46. The number of nitrogens with one attached hydrogen (secondary N) is 2. The van der Waals surface area contributed by atoms with Crippen molar-refractivity contribution in [3.8, 4) is 0 Å². The van der Waals surface area contributed by atoms with Crippen LogP contribution in [0.15, 0.2) is 42.5 Å². The van der Waals surface area contributed by atoms with E-state index in [4.69, 9.17) is 34.8 Å². The number of hydrogen-bond donors (Lipinski definition) is 2. The van der Waals surface area contributed by atoms with Gasteiger partial charge in [0.2, 0.25) is 0 Å². The van der Waals surface area contributed by atoms with Gasteiger partial charge in [-0.1, -0.05) is 40.9 Å². The first-order valence-electron chi connectivity index (χ1n) is 8.54. The molecule has 0 radical (unpaired) electrons. The predicted octanol–water partition coefficient (Wildman–Crippen LogP) is 3.38. The molecule has 0 unspecified atom stereocenters. The Morgan fingerprint density at radius 3 is 2.31 bits per heavy atom. The predicted molar refractivity (Wildman–Crippen MR) is 109 cm³/mol. The summed E-state index contributed by atoms with van der Waals surface area (Å²) < 4.78 is 0. The molecule has 1 fully saturated rings. The SMILES string of the molecule is C[C@@H](C(=O)Nc1cc(Cl)cc(Cl)c1)[NH+]1CCN(c2cccc(Cl)c2)CC1. The molecule has 1 aliphatic heterocycles. The van der Waals surface area contributed by atoms with Crippen molar-refractivity contribution in [1.82, 2.24) is 0 Å². The molecule has 0 spiro atoms. The van der Waals surface area contributed by atoms with Crippen molar-refractivity contribution in [1.29, 1.82) is 0 Å². The number of quaternary nitrogens is 1. The van der Waals surface area contributed by atoms with E-state index in [0.717, 1.165) is 36.9 Å². The van der Waals surface area contributed by atoms with Crippen LogP contribution in [0, 0.1) is 0 Å². The molecule has 1 heterocycles. The molecule has 26 heavy (non-hydrogen) atoms. The lowest BCUT2D eigenvalue weighted by molar-refractivity contribution is -0.914. The molecule has 4 nitrogen and oxygen atoms in total. The largest absolute Gasteiger partial charge is 0.360 e. The minimum Gasteiger partial charge on any atom is -0.360 e. The lowest BCUT2D eigenvalue weighted by Gasteiger charge is -2.36. The molecular formula is C19H21Cl3N3O+. The van der Waals surface area contributed by atoms with Crippen LogP contribution in [0.3, 0.4) is 0 Å². The summed E-state index contributed by atoms with van der Waals surface area (Å²) in [7, 11) is 0. The maximum atomic E-state index is 12.6. The fourth-order valence-corrected chi connectivity index (χ4v) is 3.93. The second kappa shape index (κ2) is 8.49. The lowest BCUT2D eigenvalue weighted by Crippen LogP contribution is -3.19. The number of nitrogens with zero attached hydrogens (tertiary/aromatic N) is 1.